The molecule has 19 heavy (non-hydrogen) atoms. The quantitative estimate of drug-likeness (QED) is 0.905. The second-order valence-corrected chi connectivity index (χ2v) is 6.06. The van der Waals surface area contributed by atoms with Crippen molar-refractivity contribution in [3.8, 4) is 0 Å². The Morgan fingerprint density at radius 1 is 1.53 bits per heavy atom. The summed E-state index contributed by atoms with van der Waals surface area (Å²) in [6.07, 6.45) is 1.81. The van der Waals surface area contributed by atoms with Gasteiger partial charge in [-0.2, -0.15) is 0 Å². The first-order valence-electron chi connectivity index (χ1n) is 6.43. The van der Waals surface area contributed by atoms with Crippen molar-refractivity contribution in [2.24, 2.45) is 0 Å². The number of nitrogens with zero attached hydrogens (tertiary/aromatic N) is 1. The van der Waals surface area contributed by atoms with Gasteiger partial charge < -0.3 is 10.2 Å². The van der Waals surface area contributed by atoms with E-state index in [0.29, 0.717) is 10.5 Å². The average Bonchev–Trinajstić information content (AvgIpc) is 2.33. The van der Waals surface area contributed by atoms with E-state index in [1.165, 1.54) is 12.1 Å². The zero-order chi connectivity index (χ0) is 14.0. The summed E-state index contributed by atoms with van der Waals surface area (Å²) >= 11 is 3.18. The fourth-order valence-electron chi connectivity index (χ4n) is 2.36. The van der Waals surface area contributed by atoms with Gasteiger partial charge in [-0.05, 0) is 45.0 Å². The molecule has 104 valence electrons. The van der Waals surface area contributed by atoms with Crippen molar-refractivity contribution in [1.82, 2.24) is 10.2 Å². The third-order valence-electron chi connectivity index (χ3n) is 3.72. The number of carbonyl (C=O) groups is 1. The van der Waals surface area contributed by atoms with Gasteiger partial charge in [-0.15, -0.1) is 0 Å². The van der Waals surface area contributed by atoms with Crippen LogP contribution in [0.3, 0.4) is 0 Å². The van der Waals surface area contributed by atoms with Crippen molar-refractivity contribution >= 4 is 21.8 Å². The van der Waals surface area contributed by atoms with E-state index in [2.05, 4.69) is 40.1 Å². The lowest BCUT2D eigenvalue weighted by molar-refractivity contribution is 0.0892. The lowest BCUT2D eigenvalue weighted by Crippen LogP contribution is -2.47. The van der Waals surface area contributed by atoms with Crippen LogP contribution in [0.5, 0.6) is 0 Å². The van der Waals surface area contributed by atoms with Gasteiger partial charge in [0, 0.05) is 23.1 Å². The van der Waals surface area contributed by atoms with Crippen LogP contribution in [0.1, 0.15) is 30.1 Å². The summed E-state index contributed by atoms with van der Waals surface area (Å²) in [6, 6.07) is 5.06. The van der Waals surface area contributed by atoms with E-state index >= 15 is 0 Å². The predicted molar refractivity (Wildman–Crippen MR) is 76.7 cm³/mol. The van der Waals surface area contributed by atoms with Crippen LogP contribution in [-0.4, -0.2) is 36.5 Å². The third-order valence-corrected chi connectivity index (χ3v) is 4.21. The molecule has 1 amide bonds. The minimum Gasteiger partial charge on any atom is -0.349 e. The van der Waals surface area contributed by atoms with Crippen molar-refractivity contribution in [3.63, 3.8) is 0 Å². The number of rotatable bonds is 2. The van der Waals surface area contributed by atoms with Crippen LogP contribution < -0.4 is 5.32 Å². The normalized spacial score (nSPS) is 24.2. The van der Waals surface area contributed by atoms with Gasteiger partial charge in [0.05, 0.1) is 5.56 Å². The Morgan fingerprint density at radius 3 is 2.89 bits per heavy atom. The molecule has 3 nitrogen and oxygen atoms in total. The van der Waals surface area contributed by atoms with Crippen LogP contribution in [0.15, 0.2) is 22.7 Å². The number of piperidine rings is 1. The van der Waals surface area contributed by atoms with Gasteiger partial charge in [0.15, 0.2) is 0 Å². The molecule has 1 heterocycles. The summed E-state index contributed by atoms with van der Waals surface area (Å²) in [7, 11) is 2.08. The van der Waals surface area contributed by atoms with Gasteiger partial charge >= 0.3 is 0 Å². The van der Waals surface area contributed by atoms with Crippen molar-refractivity contribution in [2.45, 2.75) is 31.8 Å². The van der Waals surface area contributed by atoms with Gasteiger partial charge in [-0.3, -0.25) is 4.79 Å². The molecule has 1 aromatic carbocycles. The largest absolute Gasteiger partial charge is 0.349 e. The van der Waals surface area contributed by atoms with E-state index in [9.17, 15) is 9.18 Å². The summed E-state index contributed by atoms with van der Waals surface area (Å²) in [5.41, 5.74) is 0.106. The summed E-state index contributed by atoms with van der Waals surface area (Å²) in [5, 5.41) is 2.93. The fourth-order valence-corrected chi connectivity index (χ4v) is 2.69. The fraction of sp³-hybridized carbons (Fsp3) is 0.500. The maximum atomic E-state index is 13.7. The van der Waals surface area contributed by atoms with Crippen molar-refractivity contribution in [2.75, 3.05) is 13.6 Å². The molecule has 0 bridgehead atoms. The van der Waals surface area contributed by atoms with E-state index in [-0.39, 0.29) is 17.5 Å². The van der Waals surface area contributed by atoms with E-state index in [1.807, 2.05) is 0 Å². The number of amides is 1. The highest BCUT2D eigenvalue weighted by Gasteiger charge is 2.24. The molecule has 5 heteroatoms. The molecule has 0 saturated carbocycles. The van der Waals surface area contributed by atoms with Crippen molar-refractivity contribution in [3.05, 3.63) is 34.1 Å². The van der Waals surface area contributed by atoms with Crippen LogP contribution in [0, 0.1) is 5.82 Å². The van der Waals surface area contributed by atoms with Crippen molar-refractivity contribution in [1.29, 1.82) is 0 Å². The van der Waals surface area contributed by atoms with E-state index in [0.717, 1.165) is 19.4 Å². The molecule has 1 aromatic rings. The average molecular weight is 329 g/mol. The zero-order valence-corrected chi connectivity index (χ0v) is 12.7. The number of hydrogen-bond donors (Lipinski definition) is 1. The molecule has 2 atom stereocenters. The van der Waals surface area contributed by atoms with Gasteiger partial charge in [0.1, 0.15) is 5.82 Å². The molecule has 1 N–H and O–H groups in total. The minimum absolute atomic E-state index is 0.106. The van der Waals surface area contributed by atoms with E-state index < -0.39 is 5.82 Å². The molecule has 1 fully saturated rings. The van der Waals surface area contributed by atoms with Crippen molar-refractivity contribution < 1.29 is 9.18 Å². The monoisotopic (exact) mass is 328 g/mol. The highest BCUT2D eigenvalue weighted by atomic mass is 79.9. The Bertz CT molecular complexity index is 481. The molecule has 1 aliphatic heterocycles. The number of carbonyl (C=O) groups excluding carboxylic acids is 1. The Hall–Kier alpha value is -0.940. The summed E-state index contributed by atoms with van der Waals surface area (Å²) < 4.78 is 14.3. The molecule has 1 aliphatic rings. The van der Waals surface area contributed by atoms with E-state index in [1.54, 1.807) is 6.07 Å². The Kier molecular flexibility index (Phi) is 4.58. The number of likely N-dealkylation sites (tertiary alicyclic amines) is 1. The Labute approximate surface area is 121 Å². The van der Waals surface area contributed by atoms with Gasteiger partial charge in [0.25, 0.3) is 5.91 Å². The second kappa shape index (κ2) is 6.01. The molecule has 2 unspecified atom stereocenters. The van der Waals surface area contributed by atoms with Crippen LogP contribution in [-0.2, 0) is 0 Å². The lowest BCUT2D eigenvalue weighted by atomic mass is 9.98. The molecule has 2 rings (SSSR count). The lowest BCUT2D eigenvalue weighted by Gasteiger charge is -2.35. The maximum absolute atomic E-state index is 13.7. The maximum Gasteiger partial charge on any atom is 0.254 e. The molecular weight excluding hydrogens is 311 g/mol. The smallest absolute Gasteiger partial charge is 0.254 e. The summed E-state index contributed by atoms with van der Waals surface area (Å²) in [4.78, 5) is 14.3. The Balaban J connectivity index is 2.01. The minimum atomic E-state index is -0.493. The standard InChI is InChI=1S/C14H18BrFN2O/c1-9-7-11(5-6-18(9)2)17-14(19)12-4-3-10(15)8-13(12)16/h3-4,8-9,11H,5-7H2,1-2H3,(H,17,19). The highest BCUT2D eigenvalue weighted by molar-refractivity contribution is 9.10. The number of halogens is 2. The van der Waals surface area contributed by atoms with Gasteiger partial charge in [-0.25, -0.2) is 4.39 Å². The van der Waals surface area contributed by atoms with Crippen LogP contribution >= 0.6 is 15.9 Å². The first-order valence-corrected chi connectivity index (χ1v) is 7.23. The summed E-state index contributed by atoms with van der Waals surface area (Å²) in [5.74, 6) is -0.820. The SMILES string of the molecule is CC1CC(NC(=O)c2ccc(Br)cc2F)CCN1C. The number of benzene rings is 1. The summed E-state index contributed by atoms with van der Waals surface area (Å²) in [6.45, 7) is 3.09. The molecular formula is C14H18BrFN2O. The topological polar surface area (TPSA) is 32.3 Å². The first kappa shape index (κ1) is 14.5. The number of nitrogens with one attached hydrogen (secondary N) is 1. The first-order chi connectivity index (χ1) is 8.97. The van der Waals surface area contributed by atoms with Gasteiger partial charge in [0.2, 0.25) is 0 Å². The van der Waals surface area contributed by atoms with Crippen LogP contribution in [0.4, 0.5) is 4.39 Å². The predicted octanol–water partition coefficient (Wildman–Crippen LogP) is 2.80. The Morgan fingerprint density at radius 2 is 2.26 bits per heavy atom. The molecule has 1 saturated heterocycles. The molecule has 0 radical (unpaired) electrons. The van der Waals surface area contributed by atoms with E-state index in [4.69, 9.17) is 0 Å². The van der Waals surface area contributed by atoms with Crippen LogP contribution in [0.25, 0.3) is 0 Å². The van der Waals surface area contributed by atoms with Crippen LogP contribution in [0.2, 0.25) is 0 Å². The van der Waals surface area contributed by atoms with Gasteiger partial charge in [-0.1, -0.05) is 15.9 Å². The second-order valence-electron chi connectivity index (χ2n) is 5.15. The zero-order valence-electron chi connectivity index (χ0n) is 11.1. The molecule has 0 aliphatic carbocycles. The molecule has 0 aromatic heterocycles. The highest BCUT2D eigenvalue weighted by Crippen LogP contribution is 2.18. The number of hydrogen-bond acceptors (Lipinski definition) is 2. The molecule has 0 spiro atoms. The third kappa shape index (κ3) is 3.54.